The lowest BCUT2D eigenvalue weighted by Crippen LogP contribution is -2.37. The first-order valence-electron chi connectivity index (χ1n) is 7.35. The molecule has 1 aromatic carbocycles. The molecule has 2 N–H and O–H groups in total. The number of carbonyl (C=O) groups excluding carboxylic acids is 1. The number of halogens is 1. The molecule has 1 fully saturated rings. The fourth-order valence-corrected chi connectivity index (χ4v) is 3.10. The van der Waals surface area contributed by atoms with Gasteiger partial charge in [0.25, 0.3) is 0 Å². The van der Waals surface area contributed by atoms with Crippen molar-refractivity contribution in [1.29, 1.82) is 0 Å². The Kier molecular flexibility index (Phi) is 6.03. The summed E-state index contributed by atoms with van der Waals surface area (Å²) in [5, 5.41) is 14.1. The zero-order chi connectivity index (χ0) is 15.2. The number of ether oxygens (including phenoxy) is 1. The Bertz CT molecular complexity index is 472. The molecule has 4 nitrogen and oxygen atoms in total. The molecule has 21 heavy (non-hydrogen) atoms. The van der Waals surface area contributed by atoms with E-state index in [1.165, 1.54) is 7.11 Å². The molecule has 0 amide bonds. The second-order valence-electron chi connectivity index (χ2n) is 5.52. The predicted molar refractivity (Wildman–Crippen MR) is 82.2 cm³/mol. The summed E-state index contributed by atoms with van der Waals surface area (Å²) in [6.45, 7) is 0.470. The molecule has 1 aliphatic rings. The number of nitrogens with one attached hydrogen (secondary N) is 1. The van der Waals surface area contributed by atoms with Gasteiger partial charge in [0.1, 0.15) is 0 Å². The van der Waals surface area contributed by atoms with Gasteiger partial charge < -0.3 is 15.2 Å². The number of aliphatic hydroxyl groups excluding tert-OH is 1. The van der Waals surface area contributed by atoms with Crippen LogP contribution < -0.4 is 5.32 Å². The Hall–Kier alpha value is -1.10. The average Bonchev–Trinajstić information content (AvgIpc) is 2.52. The normalized spacial score (nSPS) is 23.6. The van der Waals surface area contributed by atoms with E-state index in [2.05, 4.69) is 5.32 Å². The van der Waals surface area contributed by atoms with E-state index in [0.717, 1.165) is 31.2 Å². The molecule has 1 aromatic rings. The van der Waals surface area contributed by atoms with E-state index >= 15 is 0 Å². The molecule has 0 spiro atoms. The van der Waals surface area contributed by atoms with Crippen LogP contribution in [-0.2, 0) is 9.53 Å². The maximum atomic E-state index is 11.5. The van der Waals surface area contributed by atoms with Crippen LogP contribution in [0.15, 0.2) is 24.3 Å². The van der Waals surface area contributed by atoms with Crippen LogP contribution in [-0.4, -0.2) is 30.8 Å². The quantitative estimate of drug-likeness (QED) is 0.821. The SMILES string of the molecule is COC(=O)C1CCC(NC[C@@H](O)c2ccccc2Cl)CC1. The second-order valence-corrected chi connectivity index (χ2v) is 5.92. The van der Waals surface area contributed by atoms with E-state index in [1.54, 1.807) is 6.07 Å². The number of esters is 1. The van der Waals surface area contributed by atoms with Crippen molar-refractivity contribution < 1.29 is 14.6 Å². The van der Waals surface area contributed by atoms with Crippen molar-refractivity contribution in [3.05, 3.63) is 34.9 Å². The summed E-state index contributed by atoms with van der Waals surface area (Å²) in [5.74, 6) is -0.0777. The number of rotatable bonds is 5. The lowest BCUT2D eigenvalue weighted by atomic mass is 9.86. The van der Waals surface area contributed by atoms with E-state index in [4.69, 9.17) is 16.3 Å². The van der Waals surface area contributed by atoms with Gasteiger partial charge in [-0.2, -0.15) is 0 Å². The molecule has 0 aliphatic heterocycles. The van der Waals surface area contributed by atoms with Crippen LogP contribution in [0.2, 0.25) is 5.02 Å². The summed E-state index contributed by atoms with van der Waals surface area (Å²) >= 11 is 6.07. The molecule has 0 saturated heterocycles. The molecular weight excluding hydrogens is 290 g/mol. The first kappa shape index (κ1) is 16.3. The average molecular weight is 312 g/mol. The first-order chi connectivity index (χ1) is 10.1. The maximum Gasteiger partial charge on any atom is 0.308 e. The molecule has 5 heteroatoms. The third-order valence-corrected chi connectivity index (χ3v) is 4.47. The third-order valence-electron chi connectivity index (χ3n) is 4.13. The van der Waals surface area contributed by atoms with Crippen LogP contribution in [0.3, 0.4) is 0 Å². The number of benzene rings is 1. The van der Waals surface area contributed by atoms with Gasteiger partial charge in [0.2, 0.25) is 0 Å². The van der Waals surface area contributed by atoms with Gasteiger partial charge in [-0.3, -0.25) is 4.79 Å². The Morgan fingerprint density at radius 1 is 1.38 bits per heavy atom. The molecule has 1 atom stereocenters. The molecular formula is C16H22ClNO3. The number of carbonyl (C=O) groups is 1. The van der Waals surface area contributed by atoms with Gasteiger partial charge in [-0.05, 0) is 31.7 Å². The smallest absolute Gasteiger partial charge is 0.308 e. The van der Waals surface area contributed by atoms with Crippen LogP contribution in [0.1, 0.15) is 37.4 Å². The van der Waals surface area contributed by atoms with Crippen molar-refractivity contribution in [2.75, 3.05) is 13.7 Å². The van der Waals surface area contributed by atoms with Crippen molar-refractivity contribution in [3.8, 4) is 0 Å². The third kappa shape index (κ3) is 4.43. The van der Waals surface area contributed by atoms with Gasteiger partial charge in [0.05, 0.1) is 19.1 Å². The molecule has 1 saturated carbocycles. The highest BCUT2D eigenvalue weighted by Gasteiger charge is 2.27. The number of aliphatic hydroxyl groups is 1. The molecule has 0 heterocycles. The topological polar surface area (TPSA) is 58.6 Å². The summed E-state index contributed by atoms with van der Waals surface area (Å²) in [4.78, 5) is 11.5. The molecule has 116 valence electrons. The minimum Gasteiger partial charge on any atom is -0.469 e. The predicted octanol–water partition coefficient (Wildman–Crippen LogP) is 2.69. The van der Waals surface area contributed by atoms with E-state index in [-0.39, 0.29) is 11.9 Å². The fourth-order valence-electron chi connectivity index (χ4n) is 2.83. The minimum absolute atomic E-state index is 0.0292. The summed E-state index contributed by atoms with van der Waals surface area (Å²) in [5.41, 5.74) is 0.745. The molecule has 2 rings (SSSR count). The highest BCUT2D eigenvalue weighted by atomic mass is 35.5. The molecule has 0 aromatic heterocycles. The van der Waals surface area contributed by atoms with Gasteiger partial charge in [-0.15, -0.1) is 0 Å². The number of hydrogen-bond acceptors (Lipinski definition) is 4. The second kappa shape index (κ2) is 7.78. The lowest BCUT2D eigenvalue weighted by molar-refractivity contribution is -0.146. The Morgan fingerprint density at radius 3 is 2.67 bits per heavy atom. The summed E-state index contributed by atoms with van der Waals surface area (Å²) in [6, 6.07) is 7.67. The monoisotopic (exact) mass is 311 g/mol. The summed E-state index contributed by atoms with van der Waals surface area (Å²) < 4.78 is 4.78. The number of methoxy groups -OCH3 is 1. The summed E-state index contributed by atoms with van der Waals surface area (Å²) in [7, 11) is 1.44. The largest absolute Gasteiger partial charge is 0.469 e. The van der Waals surface area contributed by atoms with E-state index in [9.17, 15) is 9.90 Å². The minimum atomic E-state index is -0.614. The Morgan fingerprint density at radius 2 is 2.05 bits per heavy atom. The fraction of sp³-hybridized carbons (Fsp3) is 0.562. The van der Waals surface area contributed by atoms with Crippen LogP contribution >= 0.6 is 11.6 Å². The zero-order valence-electron chi connectivity index (χ0n) is 12.2. The van der Waals surface area contributed by atoms with Crippen molar-refractivity contribution >= 4 is 17.6 Å². The van der Waals surface area contributed by atoms with Gasteiger partial charge in [0, 0.05) is 23.2 Å². The van der Waals surface area contributed by atoms with Crippen molar-refractivity contribution in [2.24, 2.45) is 5.92 Å². The lowest BCUT2D eigenvalue weighted by Gasteiger charge is -2.28. The van der Waals surface area contributed by atoms with Crippen LogP contribution in [0.5, 0.6) is 0 Å². The van der Waals surface area contributed by atoms with E-state index < -0.39 is 6.10 Å². The first-order valence-corrected chi connectivity index (χ1v) is 7.73. The summed E-state index contributed by atoms with van der Waals surface area (Å²) in [6.07, 6.45) is 2.92. The van der Waals surface area contributed by atoms with Crippen LogP contribution in [0.4, 0.5) is 0 Å². The molecule has 1 aliphatic carbocycles. The van der Waals surface area contributed by atoms with Gasteiger partial charge in [0.15, 0.2) is 0 Å². The standard InChI is InChI=1S/C16H22ClNO3/c1-21-16(20)11-6-8-12(9-7-11)18-10-15(19)13-4-2-3-5-14(13)17/h2-5,11-12,15,18-19H,6-10H2,1H3/t11?,12?,15-/m1/s1. The maximum absolute atomic E-state index is 11.5. The van der Waals surface area contributed by atoms with E-state index in [1.807, 2.05) is 18.2 Å². The Balaban J connectivity index is 1.77. The number of hydrogen-bond donors (Lipinski definition) is 2. The van der Waals surface area contributed by atoms with Crippen LogP contribution in [0, 0.1) is 5.92 Å². The van der Waals surface area contributed by atoms with E-state index in [0.29, 0.717) is 17.6 Å². The Labute approximate surface area is 130 Å². The zero-order valence-corrected chi connectivity index (χ0v) is 13.0. The van der Waals surface area contributed by atoms with Gasteiger partial charge >= 0.3 is 5.97 Å². The molecule has 0 unspecified atom stereocenters. The highest BCUT2D eigenvalue weighted by molar-refractivity contribution is 6.31. The van der Waals surface area contributed by atoms with Gasteiger partial charge in [-0.25, -0.2) is 0 Å². The van der Waals surface area contributed by atoms with Gasteiger partial charge in [-0.1, -0.05) is 29.8 Å². The van der Waals surface area contributed by atoms with Crippen molar-refractivity contribution in [2.45, 2.75) is 37.8 Å². The highest BCUT2D eigenvalue weighted by Crippen LogP contribution is 2.26. The van der Waals surface area contributed by atoms with Crippen molar-refractivity contribution in [3.63, 3.8) is 0 Å². The van der Waals surface area contributed by atoms with Crippen LogP contribution in [0.25, 0.3) is 0 Å². The molecule has 0 bridgehead atoms. The van der Waals surface area contributed by atoms with Crippen molar-refractivity contribution in [1.82, 2.24) is 5.32 Å². The molecule has 0 radical (unpaired) electrons.